The number of aryl methyl sites for hydroxylation is 1. The molecule has 0 atom stereocenters. The lowest BCUT2D eigenvalue weighted by atomic mass is 10.1. The molecule has 0 spiro atoms. The van der Waals surface area contributed by atoms with Crippen LogP contribution >= 0.6 is 11.3 Å². The van der Waals surface area contributed by atoms with Gasteiger partial charge in [-0.15, -0.1) is 11.3 Å². The second-order valence-electron chi connectivity index (χ2n) is 6.15. The Hall–Kier alpha value is -3.15. The standard InChI is InChI=1S/C18H15N5O4S2/c1-23-8-6-14(22-23)17-21-11(10-28-17)9-27-18(24)16-13-3-2-4-15(29(19,25)26)12(13)5-7-20-16/h2-8,10H,9H2,1H3,(H2,19,25,26). The van der Waals surface area contributed by atoms with Gasteiger partial charge >= 0.3 is 5.97 Å². The van der Waals surface area contributed by atoms with Gasteiger partial charge in [0.15, 0.2) is 5.69 Å². The van der Waals surface area contributed by atoms with Gasteiger partial charge in [-0.2, -0.15) is 5.10 Å². The molecule has 0 fully saturated rings. The number of pyridine rings is 1. The number of esters is 1. The zero-order valence-corrected chi connectivity index (χ0v) is 16.8. The fraction of sp³-hybridized carbons (Fsp3) is 0.111. The predicted molar refractivity (Wildman–Crippen MR) is 107 cm³/mol. The molecule has 0 aliphatic carbocycles. The number of ether oxygens (including phenoxy) is 1. The van der Waals surface area contributed by atoms with Crippen LogP contribution in [0.1, 0.15) is 16.2 Å². The predicted octanol–water partition coefficient (Wildman–Crippen LogP) is 2.10. The number of fused-ring (bicyclic) bond motifs is 1. The first-order chi connectivity index (χ1) is 13.8. The van der Waals surface area contributed by atoms with Crippen molar-refractivity contribution in [2.45, 2.75) is 11.5 Å². The normalized spacial score (nSPS) is 11.7. The number of hydrogen-bond acceptors (Lipinski definition) is 8. The van der Waals surface area contributed by atoms with Crippen molar-refractivity contribution in [2.75, 3.05) is 0 Å². The van der Waals surface area contributed by atoms with Crippen LogP contribution in [0.3, 0.4) is 0 Å². The summed E-state index contributed by atoms with van der Waals surface area (Å²) in [6.07, 6.45) is 3.16. The molecule has 0 radical (unpaired) electrons. The number of carbonyl (C=O) groups is 1. The summed E-state index contributed by atoms with van der Waals surface area (Å²) < 4.78 is 30.6. The topological polar surface area (TPSA) is 130 Å². The van der Waals surface area contributed by atoms with Gasteiger partial charge in [0.25, 0.3) is 0 Å². The minimum Gasteiger partial charge on any atom is -0.454 e. The van der Waals surface area contributed by atoms with E-state index in [0.29, 0.717) is 16.5 Å². The molecule has 0 aliphatic rings. The first-order valence-corrected chi connectivity index (χ1v) is 10.8. The van der Waals surface area contributed by atoms with Gasteiger partial charge in [0.1, 0.15) is 17.3 Å². The largest absolute Gasteiger partial charge is 0.454 e. The molecule has 9 nitrogen and oxygen atoms in total. The van der Waals surface area contributed by atoms with E-state index >= 15 is 0 Å². The Labute approximate surface area is 169 Å². The highest BCUT2D eigenvalue weighted by atomic mass is 32.2. The minimum absolute atomic E-state index is 0.00757. The average molecular weight is 429 g/mol. The number of rotatable bonds is 5. The summed E-state index contributed by atoms with van der Waals surface area (Å²) in [5.74, 6) is -0.686. The molecule has 3 heterocycles. The molecule has 148 valence electrons. The lowest BCUT2D eigenvalue weighted by Gasteiger charge is -2.08. The van der Waals surface area contributed by atoms with Gasteiger partial charge < -0.3 is 4.74 Å². The Balaban J connectivity index is 1.57. The average Bonchev–Trinajstić information content (AvgIpc) is 3.33. The van der Waals surface area contributed by atoms with E-state index in [9.17, 15) is 13.2 Å². The van der Waals surface area contributed by atoms with E-state index in [1.807, 2.05) is 19.3 Å². The van der Waals surface area contributed by atoms with Crippen LogP contribution in [0.2, 0.25) is 0 Å². The number of benzene rings is 1. The number of nitrogens with zero attached hydrogens (tertiary/aromatic N) is 4. The highest BCUT2D eigenvalue weighted by Crippen LogP contribution is 2.25. The van der Waals surface area contributed by atoms with Crippen molar-refractivity contribution >= 4 is 38.1 Å². The maximum atomic E-state index is 12.6. The van der Waals surface area contributed by atoms with Crippen molar-refractivity contribution in [1.82, 2.24) is 19.7 Å². The Morgan fingerprint density at radius 3 is 2.79 bits per heavy atom. The summed E-state index contributed by atoms with van der Waals surface area (Å²) in [6, 6.07) is 7.81. The zero-order valence-electron chi connectivity index (χ0n) is 15.1. The molecule has 0 amide bonds. The Kier molecular flexibility index (Phi) is 4.86. The van der Waals surface area contributed by atoms with Crippen molar-refractivity contribution in [3.8, 4) is 10.7 Å². The fourth-order valence-electron chi connectivity index (χ4n) is 2.82. The third-order valence-corrected chi connectivity index (χ3v) is 5.98. The second kappa shape index (κ2) is 7.35. The molecule has 29 heavy (non-hydrogen) atoms. The van der Waals surface area contributed by atoms with Crippen LogP contribution in [0.4, 0.5) is 0 Å². The van der Waals surface area contributed by atoms with Gasteiger partial charge in [-0.05, 0) is 18.2 Å². The summed E-state index contributed by atoms with van der Waals surface area (Å²) in [5, 5.41) is 12.7. The number of primary sulfonamides is 1. The third kappa shape index (κ3) is 3.88. The van der Waals surface area contributed by atoms with Gasteiger partial charge in [-0.1, -0.05) is 12.1 Å². The molecule has 0 saturated heterocycles. The molecule has 0 bridgehead atoms. The second-order valence-corrected chi connectivity index (χ2v) is 8.54. The maximum Gasteiger partial charge on any atom is 0.357 e. The maximum absolute atomic E-state index is 12.6. The first-order valence-electron chi connectivity index (χ1n) is 8.35. The molecular formula is C18H15N5O4S2. The number of hydrogen-bond donors (Lipinski definition) is 1. The molecule has 11 heteroatoms. The van der Waals surface area contributed by atoms with Crippen LogP contribution in [0.15, 0.2) is 53.0 Å². The van der Waals surface area contributed by atoms with Crippen LogP contribution in [0.5, 0.6) is 0 Å². The van der Waals surface area contributed by atoms with Gasteiger partial charge in [-0.3, -0.25) is 4.68 Å². The Morgan fingerprint density at radius 2 is 2.07 bits per heavy atom. The van der Waals surface area contributed by atoms with Crippen molar-refractivity contribution in [2.24, 2.45) is 12.2 Å². The third-order valence-electron chi connectivity index (χ3n) is 4.10. The van der Waals surface area contributed by atoms with Crippen molar-refractivity contribution < 1.29 is 17.9 Å². The van der Waals surface area contributed by atoms with Crippen molar-refractivity contribution in [1.29, 1.82) is 0 Å². The highest BCUT2D eigenvalue weighted by Gasteiger charge is 2.19. The Morgan fingerprint density at radius 1 is 1.24 bits per heavy atom. The van der Waals surface area contributed by atoms with Crippen LogP contribution < -0.4 is 5.14 Å². The highest BCUT2D eigenvalue weighted by molar-refractivity contribution is 7.89. The van der Waals surface area contributed by atoms with Crippen LogP contribution in [0.25, 0.3) is 21.5 Å². The van der Waals surface area contributed by atoms with Crippen LogP contribution in [-0.4, -0.2) is 34.1 Å². The van der Waals surface area contributed by atoms with E-state index < -0.39 is 16.0 Å². The molecular weight excluding hydrogens is 414 g/mol. The monoisotopic (exact) mass is 429 g/mol. The number of thiazole rings is 1. The van der Waals surface area contributed by atoms with E-state index in [4.69, 9.17) is 9.88 Å². The van der Waals surface area contributed by atoms with Gasteiger partial charge in [0.05, 0.1) is 10.6 Å². The van der Waals surface area contributed by atoms with E-state index in [1.165, 1.54) is 35.7 Å². The molecule has 1 aromatic carbocycles. The molecule has 4 aromatic rings. The molecule has 2 N–H and O–H groups in total. The quantitative estimate of drug-likeness (QED) is 0.481. The zero-order chi connectivity index (χ0) is 20.6. The van der Waals surface area contributed by atoms with Crippen LogP contribution in [0, 0.1) is 0 Å². The van der Waals surface area contributed by atoms with Gasteiger partial charge in [0.2, 0.25) is 10.0 Å². The SMILES string of the molecule is Cn1ccc(-c2nc(COC(=O)c3nccc4c(S(N)(=O)=O)cccc34)cs2)n1. The molecule has 0 aliphatic heterocycles. The summed E-state index contributed by atoms with van der Waals surface area (Å²) in [5.41, 5.74) is 1.32. The first kappa shape index (κ1) is 19.2. The number of aromatic nitrogens is 4. The van der Waals surface area contributed by atoms with E-state index in [0.717, 1.165) is 10.7 Å². The van der Waals surface area contributed by atoms with Gasteiger partial charge in [-0.25, -0.2) is 28.3 Å². The lowest BCUT2D eigenvalue weighted by molar-refractivity contribution is 0.0464. The summed E-state index contributed by atoms with van der Waals surface area (Å²) in [6.45, 7) is -0.0465. The van der Waals surface area contributed by atoms with E-state index in [1.54, 1.807) is 16.1 Å². The summed E-state index contributed by atoms with van der Waals surface area (Å²) >= 11 is 1.40. The van der Waals surface area contributed by atoms with Crippen molar-refractivity contribution in [3.05, 3.63) is 59.5 Å². The number of sulfonamides is 1. The number of nitrogens with two attached hydrogens (primary N) is 1. The lowest BCUT2D eigenvalue weighted by Crippen LogP contribution is -2.13. The van der Waals surface area contributed by atoms with E-state index in [2.05, 4.69) is 15.1 Å². The molecule has 0 saturated carbocycles. The fourth-order valence-corrected chi connectivity index (χ4v) is 4.34. The Bertz CT molecular complexity index is 1330. The van der Waals surface area contributed by atoms with E-state index in [-0.39, 0.29) is 17.2 Å². The molecule has 3 aromatic heterocycles. The smallest absolute Gasteiger partial charge is 0.357 e. The summed E-state index contributed by atoms with van der Waals surface area (Å²) in [4.78, 5) is 21.0. The molecule has 4 rings (SSSR count). The minimum atomic E-state index is -3.95. The van der Waals surface area contributed by atoms with Crippen molar-refractivity contribution in [3.63, 3.8) is 0 Å². The van der Waals surface area contributed by atoms with Crippen LogP contribution in [-0.2, 0) is 28.4 Å². The van der Waals surface area contributed by atoms with Gasteiger partial charge in [0, 0.05) is 35.6 Å². The summed E-state index contributed by atoms with van der Waals surface area (Å²) in [7, 11) is -2.13. The number of carbonyl (C=O) groups excluding carboxylic acids is 1. The molecule has 0 unspecified atom stereocenters.